The lowest BCUT2D eigenvalue weighted by Crippen LogP contribution is -2.32. The number of anilines is 1. The number of benzene rings is 1. The van der Waals surface area contributed by atoms with Crippen LogP contribution in [0.5, 0.6) is 0 Å². The normalized spacial score (nSPS) is 9.95. The summed E-state index contributed by atoms with van der Waals surface area (Å²) in [6.07, 6.45) is 2.68. The van der Waals surface area contributed by atoms with Gasteiger partial charge in [0, 0.05) is 11.3 Å². The second-order valence-corrected chi connectivity index (χ2v) is 4.38. The smallest absolute Gasteiger partial charge is 0.254 e. The highest BCUT2D eigenvalue weighted by Gasteiger charge is 2.09. The molecule has 1 aromatic heterocycles. The van der Waals surface area contributed by atoms with Crippen LogP contribution in [0.25, 0.3) is 0 Å². The first kappa shape index (κ1) is 14.5. The van der Waals surface area contributed by atoms with Gasteiger partial charge < -0.3 is 15.1 Å². The Morgan fingerprint density at radius 2 is 1.76 bits per heavy atom. The summed E-state index contributed by atoms with van der Waals surface area (Å²) in [5.74, 6) is -0.784. The van der Waals surface area contributed by atoms with Gasteiger partial charge >= 0.3 is 0 Å². The molecule has 0 unspecified atom stereocenters. The predicted molar refractivity (Wildman–Crippen MR) is 76.1 cm³/mol. The molecule has 0 aliphatic heterocycles. The third-order valence-corrected chi connectivity index (χ3v) is 2.77. The van der Waals surface area contributed by atoms with Gasteiger partial charge in [-0.05, 0) is 37.3 Å². The van der Waals surface area contributed by atoms with Gasteiger partial charge in [0.15, 0.2) is 5.78 Å². The van der Waals surface area contributed by atoms with E-state index >= 15 is 0 Å². The van der Waals surface area contributed by atoms with Crippen molar-refractivity contribution in [1.82, 2.24) is 5.32 Å². The van der Waals surface area contributed by atoms with Gasteiger partial charge in [0.1, 0.15) is 6.26 Å². The number of nitrogens with one attached hydrogen (secondary N) is 2. The minimum atomic E-state index is -0.383. The number of amides is 2. The van der Waals surface area contributed by atoms with Gasteiger partial charge in [-0.3, -0.25) is 14.4 Å². The van der Waals surface area contributed by atoms with E-state index in [9.17, 15) is 14.4 Å². The molecule has 6 heteroatoms. The Morgan fingerprint density at radius 1 is 1.05 bits per heavy atom. The van der Waals surface area contributed by atoms with Gasteiger partial charge in [-0.1, -0.05) is 0 Å². The Kier molecular flexibility index (Phi) is 4.50. The molecule has 2 amide bonds. The van der Waals surface area contributed by atoms with E-state index < -0.39 is 0 Å². The van der Waals surface area contributed by atoms with Crippen LogP contribution >= 0.6 is 0 Å². The number of furan rings is 1. The lowest BCUT2D eigenvalue weighted by atomic mass is 10.1. The minimum absolute atomic E-state index is 0.0414. The van der Waals surface area contributed by atoms with Crippen LogP contribution in [0.2, 0.25) is 0 Å². The van der Waals surface area contributed by atoms with Gasteiger partial charge in [-0.25, -0.2) is 0 Å². The molecule has 0 saturated carbocycles. The number of Topliss-reactive ketones (excluding diaryl/α,β-unsaturated/α-hetero) is 1. The third-order valence-electron chi connectivity index (χ3n) is 2.77. The summed E-state index contributed by atoms with van der Waals surface area (Å²) in [7, 11) is 0. The highest BCUT2D eigenvalue weighted by Crippen LogP contribution is 2.09. The molecule has 6 nitrogen and oxygen atoms in total. The van der Waals surface area contributed by atoms with E-state index in [1.807, 2.05) is 0 Å². The number of ketones is 1. The lowest BCUT2D eigenvalue weighted by molar-refractivity contribution is -0.115. The van der Waals surface area contributed by atoms with Crippen LogP contribution in [0.4, 0.5) is 5.69 Å². The largest absolute Gasteiger partial charge is 0.472 e. The van der Waals surface area contributed by atoms with Crippen molar-refractivity contribution in [3.05, 3.63) is 54.0 Å². The molecule has 2 aromatic rings. The van der Waals surface area contributed by atoms with Gasteiger partial charge in [0.05, 0.1) is 18.4 Å². The van der Waals surface area contributed by atoms with Crippen molar-refractivity contribution >= 4 is 23.3 Å². The standard InChI is InChI=1S/C15H14N2O4/c1-10(18)11-2-4-13(5-3-11)17-14(19)8-16-15(20)12-6-7-21-9-12/h2-7,9H,8H2,1H3,(H,16,20)(H,17,19). The molecule has 0 spiro atoms. The average Bonchev–Trinajstić information content (AvgIpc) is 2.99. The molecule has 0 fully saturated rings. The summed E-state index contributed by atoms with van der Waals surface area (Å²) < 4.78 is 4.78. The molecule has 21 heavy (non-hydrogen) atoms. The molecule has 1 aromatic carbocycles. The molecule has 108 valence electrons. The highest BCUT2D eigenvalue weighted by molar-refractivity contribution is 5.99. The SMILES string of the molecule is CC(=O)c1ccc(NC(=O)CNC(=O)c2ccoc2)cc1. The van der Waals surface area contributed by atoms with Crippen molar-refractivity contribution in [2.24, 2.45) is 0 Å². The fraction of sp³-hybridized carbons (Fsp3) is 0.133. The van der Waals surface area contributed by atoms with Crippen molar-refractivity contribution in [1.29, 1.82) is 0 Å². The first-order valence-corrected chi connectivity index (χ1v) is 6.27. The molecule has 0 atom stereocenters. The summed E-state index contributed by atoms with van der Waals surface area (Å²) in [4.78, 5) is 34.4. The molecule has 2 rings (SSSR count). The monoisotopic (exact) mass is 286 g/mol. The first-order chi connectivity index (χ1) is 10.1. The fourth-order valence-electron chi connectivity index (χ4n) is 1.65. The Morgan fingerprint density at radius 3 is 2.33 bits per heavy atom. The van der Waals surface area contributed by atoms with Crippen LogP contribution in [0, 0.1) is 0 Å². The maximum Gasteiger partial charge on any atom is 0.254 e. The summed E-state index contributed by atoms with van der Waals surface area (Å²) in [5.41, 5.74) is 1.48. The summed E-state index contributed by atoms with van der Waals surface area (Å²) in [5, 5.41) is 5.09. The van der Waals surface area contributed by atoms with E-state index in [0.717, 1.165) is 0 Å². The van der Waals surface area contributed by atoms with Crippen molar-refractivity contribution in [2.75, 3.05) is 11.9 Å². The fourth-order valence-corrected chi connectivity index (χ4v) is 1.65. The Bertz CT molecular complexity index is 645. The van der Waals surface area contributed by atoms with Crippen LogP contribution in [0.1, 0.15) is 27.6 Å². The Labute approximate surface area is 121 Å². The number of hydrogen-bond acceptors (Lipinski definition) is 4. The van der Waals surface area contributed by atoms with Gasteiger partial charge in [0.2, 0.25) is 5.91 Å². The number of carbonyl (C=O) groups is 3. The number of hydrogen-bond donors (Lipinski definition) is 2. The van der Waals surface area contributed by atoms with Gasteiger partial charge in [-0.15, -0.1) is 0 Å². The molecule has 0 aliphatic carbocycles. The predicted octanol–water partition coefficient (Wildman–Crippen LogP) is 1.85. The summed E-state index contributed by atoms with van der Waals surface area (Å²) in [6, 6.07) is 8.02. The third kappa shape index (κ3) is 4.04. The molecule has 1 heterocycles. The van der Waals surface area contributed by atoms with E-state index in [-0.39, 0.29) is 24.1 Å². The van der Waals surface area contributed by atoms with E-state index in [1.165, 1.54) is 25.5 Å². The summed E-state index contributed by atoms with van der Waals surface area (Å²) in [6.45, 7) is 1.32. The Balaban J connectivity index is 1.84. The number of rotatable bonds is 5. The van der Waals surface area contributed by atoms with Crippen LogP contribution in [0.3, 0.4) is 0 Å². The van der Waals surface area contributed by atoms with E-state index in [0.29, 0.717) is 16.8 Å². The molecule has 0 saturated heterocycles. The molecular weight excluding hydrogens is 272 g/mol. The van der Waals surface area contributed by atoms with E-state index in [2.05, 4.69) is 10.6 Å². The van der Waals surface area contributed by atoms with Crippen molar-refractivity contribution in [3.63, 3.8) is 0 Å². The minimum Gasteiger partial charge on any atom is -0.472 e. The molecule has 0 radical (unpaired) electrons. The molecule has 0 aliphatic rings. The van der Waals surface area contributed by atoms with Gasteiger partial charge in [0.25, 0.3) is 5.91 Å². The van der Waals surface area contributed by atoms with Crippen LogP contribution in [-0.4, -0.2) is 24.1 Å². The summed E-state index contributed by atoms with van der Waals surface area (Å²) >= 11 is 0. The van der Waals surface area contributed by atoms with E-state index in [1.54, 1.807) is 24.3 Å². The zero-order valence-corrected chi connectivity index (χ0v) is 11.4. The van der Waals surface area contributed by atoms with Crippen LogP contribution in [-0.2, 0) is 4.79 Å². The van der Waals surface area contributed by atoms with Crippen LogP contribution < -0.4 is 10.6 Å². The van der Waals surface area contributed by atoms with Crippen LogP contribution in [0.15, 0.2) is 47.3 Å². The second kappa shape index (κ2) is 6.51. The Hall–Kier alpha value is -2.89. The first-order valence-electron chi connectivity index (χ1n) is 6.27. The molecule has 2 N–H and O–H groups in total. The zero-order chi connectivity index (χ0) is 15.2. The molecular formula is C15H14N2O4. The topological polar surface area (TPSA) is 88.4 Å². The maximum atomic E-state index is 11.7. The van der Waals surface area contributed by atoms with Crippen molar-refractivity contribution in [3.8, 4) is 0 Å². The quantitative estimate of drug-likeness (QED) is 0.821. The van der Waals surface area contributed by atoms with Crippen molar-refractivity contribution < 1.29 is 18.8 Å². The van der Waals surface area contributed by atoms with Gasteiger partial charge in [-0.2, -0.15) is 0 Å². The van der Waals surface area contributed by atoms with E-state index in [4.69, 9.17) is 4.42 Å². The number of carbonyl (C=O) groups excluding carboxylic acids is 3. The average molecular weight is 286 g/mol. The van der Waals surface area contributed by atoms with Crippen molar-refractivity contribution in [2.45, 2.75) is 6.92 Å². The zero-order valence-electron chi connectivity index (χ0n) is 11.4. The lowest BCUT2D eigenvalue weighted by Gasteiger charge is -2.06. The second-order valence-electron chi connectivity index (χ2n) is 4.38. The maximum absolute atomic E-state index is 11.7. The highest BCUT2D eigenvalue weighted by atomic mass is 16.3. The molecule has 0 bridgehead atoms.